The van der Waals surface area contributed by atoms with Crippen molar-refractivity contribution in [2.24, 2.45) is 17.6 Å². The maximum atomic E-state index is 12.2. The van der Waals surface area contributed by atoms with E-state index in [4.69, 9.17) is 5.73 Å². The largest absolute Gasteiger partial charge is 0.339 e. The van der Waals surface area contributed by atoms with Crippen molar-refractivity contribution in [2.75, 3.05) is 26.2 Å². The normalized spacial score (nSPS) is 35.5. The summed E-state index contributed by atoms with van der Waals surface area (Å²) >= 11 is 0. The Morgan fingerprint density at radius 1 is 1.20 bits per heavy atom. The third kappa shape index (κ3) is 2.73. The molecule has 3 aliphatic rings. The van der Waals surface area contributed by atoms with E-state index in [1.807, 2.05) is 4.90 Å². The van der Waals surface area contributed by atoms with Crippen LogP contribution in [0.15, 0.2) is 0 Å². The van der Waals surface area contributed by atoms with Crippen molar-refractivity contribution in [3.8, 4) is 0 Å². The zero-order chi connectivity index (χ0) is 14.1. The van der Waals surface area contributed by atoms with Gasteiger partial charge in [-0.15, -0.1) is 0 Å². The lowest BCUT2D eigenvalue weighted by Crippen LogP contribution is -2.55. The second-order valence-corrected chi connectivity index (χ2v) is 7.00. The van der Waals surface area contributed by atoms with Crippen LogP contribution in [-0.4, -0.2) is 54.0 Å². The summed E-state index contributed by atoms with van der Waals surface area (Å²) in [6, 6.07) is 0.532. The number of carbonyl (C=O) groups is 1. The molecule has 3 rings (SSSR count). The highest BCUT2D eigenvalue weighted by Gasteiger charge is 2.43. The summed E-state index contributed by atoms with van der Waals surface area (Å²) in [5.41, 5.74) is 5.96. The molecular weight excluding hydrogens is 250 g/mol. The molecule has 1 saturated heterocycles. The highest BCUT2D eigenvalue weighted by atomic mass is 16.2. The first kappa shape index (κ1) is 14.3. The molecule has 2 bridgehead atoms. The van der Waals surface area contributed by atoms with Gasteiger partial charge in [-0.3, -0.25) is 9.69 Å². The predicted octanol–water partition coefficient (Wildman–Crippen LogP) is 1.45. The van der Waals surface area contributed by atoms with Crippen LogP contribution in [0, 0.1) is 11.8 Å². The molecule has 3 fully saturated rings. The van der Waals surface area contributed by atoms with Crippen LogP contribution in [0.5, 0.6) is 0 Å². The molecule has 1 heterocycles. The van der Waals surface area contributed by atoms with Gasteiger partial charge >= 0.3 is 0 Å². The topological polar surface area (TPSA) is 49.6 Å². The fourth-order valence-corrected chi connectivity index (χ4v) is 4.60. The Hall–Kier alpha value is -0.610. The summed E-state index contributed by atoms with van der Waals surface area (Å²) in [7, 11) is 0. The predicted molar refractivity (Wildman–Crippen MR) is 80.3 cm³/mol. The Morgan fingerprint density at radius 3 is 2.50 bits per heavy atom. The number of nitrogens with zero attached hydrogens (tertiary/aromatic N) is 2. The molecule has 4 nitrogen and oxygen atoms in total. The average molecular weight is 279 g/mol. The van der Waals surface area contributed by atoms with Crippen molar-refractivity contribution in [1.82, 2.24) is 9.80 Å². The van der Waals surface area contributed by atoms with Crippen LogP contribution in [0.2, 0.25) is 0 Å². The molecule has 20 heavy (non-hydrogen) atoms. The first-order chi connectivity index (χ1) is 9.69. The van der Waals surface area contributed by atoms with E-state index in [0.29, 0.717) is 0 Å². The molecule has 1 amide bonds. The van der Waals surface area contributed by atoms with Crippen LogP contribution < -0.4 is 5.73 Å². The summed E-state index contributed by atoms with van der Waals surface area (Å²) < 4.78 is 0. The van der Waals surface area contributed by atoms with Gasteiger partial charge in [0.15, 0.2) is 0 Å². The van der Waals surface area contributed by atoms with Gasteiger partial charge in [0.05, 0.1) is 6.04 Å². The van der Waals surface area contributed by atoms with Crippen LogP contribution in [-0.2, 0) is 4.79 Å². The van der Waals surface area contributed by atoms with Gasteiger partial charge in [0.25, 0.3) is 0 Å². The number of piperazine rings is 1. The first-order valence-electron chi connectivity index (χ1n) is 8.47. The molecule has 0 radical (unpaired) electrons. The minimum Gasteiger partial charge on any atom is -0.339 e. The maximum Gasteiger partial charge on any atom is 0.239 e. The Bertz CT molecular complexity index is 352. The third-order valence-electron chi connectivity index (χ3n) is 5.71. The van der Waals surface area contributed by atoms with Crippen LogP contribution in [0.25, 0.3) is 0 Å². The molecule has 114 valence electrons. The summed E-state index contributed by atoms with van der Waals surface area (Å²) in [5, 5.41) is 0. The van der Waals surface area contributed by atoms with Gasteiger partial charge in [-0.05, 0) is 37.5 Å². The molecule has 2 saturated carbocycles. The third-order valence-corrected chi connectivity index (χ3v) is 5.71. The number of rotatable bonds is 4. The van der Waals surface area contributed by atoms with E-state index in [0.717, 1.165) is 56.9 Å². The maximum absolute atomic E-state index is 12.2. The SMILES string of the molecule is CCCC(N)C(=O)N1CCN(C2CC3CCC2C3)CC1. The molecule has 0 aromatic carbocycles. The second kappa shape index (κ2) is 6.02. The van der Waals surface area contributed by atoms with Gasteiger partial charge in [0, 0.05) is 32.2 Å². The number of amides is 1. The number of hydrogen-bond acceptors (Lipinski definition) is 3. The zero-order valence-electron chi connectivity index (χ0n) is 12.8. The average Bonchev–Trinajstić information content (AvgIpc) is 3.09. The first-order valence-corrected chi connectivity index (χ1v) is 8.47. The van der Waals surface area contributed by atoms with E-state index in [1.165, 1.54) is 25.7 Å². The fraction of sp³-hybridized carbons (Fsp3) is 0.938. The highest BCUT2D eigenvalue weighted by Crippen LogP contribution is 2.46. The molecule has 0 aromatic heterocycles. The number of hydrogen-bond donors (Lipinski definition) is 1. The highest BCUT2D eigenvalue weighted by molar-refractivity contribution is 5.81. The molecular formula is C16H29N3O. The lowest BCUT2D eigenvalue weighted by atomic mass is 9.93. The lowest BCUT2D eigenvalue weighted by molar-refractivity contribution is -0.135. The monoisotopic (exact) mass is 279 g/mol. The smallest absolute Gasteiger partial charge is 0.239 e. The van der Waals surface area contributed by atoms with Gasteiger partial charge in [-0.1, -0.05) is 19.8 Å². The number of nitrogens with two attached hydrogens (primary N) is 1. The Morgan fingerprint density at radius 2 is 1.95 bits per heavy atom. The van der Waals surface area contributed by atoms with Crippen LogP contribution in [0.4, 0.5) is 0 Å². The van der Waals surface area contributed by atoms with Gasteiger partial charge < -0.3 is 10.6 Å². The van der Waals surface area contributed by atoms with Gasteiger partial charge in [-0.25, -0.2) is 0 Å². The number of carbonyl (C=O) groups excluding carboxylic acids is 1. The second-order valence-electron chi connectivity index (χ2n) is 7.00. The minimum atomic E-state index is -0.283. The molecule has 4 heteroatoms. The van der Waals surface area contributed by atoms with Crippen LogP contribution in [0.1, 0.15) is 45.4 Å². The van der Waals surface area contributed by atoms with Gasteiger partial charge in [-0.2, -0.15) is 0 Å². The van der Waals surface area contributed by atoms with E-state index < -0.39 is 0 Å². The van der Waals surface area contributed by atoms with Crippen LogP contribution >= 0.6 is 0 Å². The van der Waals surface area contributed by atoms with Crippen molar-refractivity contribution in [3.05, 3.63) is 0 Å². The lowest BCUT2D eigenvalue weighted by Gasteiger charge is -2.41. The zero-order valence-corrected chi connectivity index (χ0v) is 12.8. The van der Waals surface area contributed by atoms with Crippen molar-refractivity contribution in [2.45, 2.75) is 57.5 Å². The molecule has 4 atom stereocenters. The van der Waals surface area contributed by atoms with Crippen molar-refractivity contribution in [1.29, 1.82) is 0 Å². The van der Waals surface area contributed by atoms with E-state index in [1.54, 1.807) is 0 Å². The van der Waals surface area contributed by atoms with E-state index in [-0.39, 0.29) is 11.9 Å². The molecule has 2 aliphatic carbocycles. The number of fused-ring (bicyclic) bond motifs is 2. The van der Waals surface area contributed by atoms with E-state index in [9.17, 15) is 4.79 Å². The minimum absolute atomic E-state index is 0.166. The quantitative estimate of drug-likeness (QED) is 0.847. The summed E-state index contributed by atoms with van der Waals surface area (Å²) in [5.74, 6) is 2.12. The van der Waals surface area contributed by atoms with Crippen molar-refractivity contribution >= 4 is 5.91 Å². The summed E-state index contributed by atoms with van der Waals surface area (Å²) in [6.45, 7) is 5.95. The molecule has 2 N–H and O–H groups in total. The van der Waals surface area contributed by atoms with Crippen LogP contribution in [0.3, 0.4) is 0 Å². The summed E-state index contributed by atoms with van der Waals surface area (Å²) in [6.07, 6.45) is 7.57. The molecule has 4 unspecified atom stereocenters. The Labute approximate surface area is 122 Å². The standard InChI is InChI=1S/C16H29N3O/c1-2-3-14(17)16(20)19-8-6-18(7-9-19)15-11-12-4-5-13(15)10-12/h12-15H,2-11,17H2,1H3. The van der Waals surface area contributed by atoms with Gasteiger partial charge in [0.1, 0.15) is 0 Å². The molecule has 0 aromatic rings. The van der Waals surface area contributed by atoms with Crippen molar-refractivity contribution < 1.29 is 4.79 Å². The van der Waals surface area contributed by atoms with Crippen molar-refractivity contribution in [3.63, 3.8) is 0 Å². The van der Waals surface area contributed by atoms with E-state index >= 15 is 0 Å². The van der Waals surface area contributed by atoms with E-state index in [2.05, 4.69) is 11.8 Å². The Kier molecular flexibility index (Phi) is 4.32. The Balaban J connectivity index is 1.48. The fourth-order valence-electron chi connectivity index (χ4n) is 4.60. The molecule has 0 spiro atoms. The summed E-state index contributed by atoms with van der Waals surface area (Å²) in [4.78, 5) is 16.9. The van der Waals surface area contributed by atoms with Gasteiger partial charge in [0.2, 0.25) is 5.91 Å². The molecule has 1 aliphatic heterocycles.